The average molecular weight is 883 g/mol. The zero-order chi connectivity index (χ0) is 46.6. The van der Waals surface area contributed by atoms with Crippen molar-refractivity contribution in [2.75, 3.05) is 25.2 Å². The van der Waals surface area contributed by atoms with Gasteiger partial charge < -0.3 is 20.9 Å². The summed E-state index contributed by atoms with van der Waals surface area (Å²) in [5, 5.41) is 39.0. The van der Waals surface area contributed by atoms with E-state index in [1.54, 1.807) is 24.8 Å². The van der Waals surface area contributed by atoms with Crippen LogP contribution in [0.1, 0.15) is 44.4 Å². The van der Waals surface area contributed by atoms with Gasteiger partial charge in [-0.15, -0.1) is 20.4 Å². The van der Waals surface area contributed by atoms with Crippen molar-refractivity contribution in [3.63, 3.8) is 0 Å². The van der Waals surface area contributed by atoms with Gasteiger partial charge in [0.25, 0.3) is 0 Å². The molecule has 1 atom stereocenters. The number of fused-ring (bicyclic) bond motifs is 6. The van der Waals surface area contributed by atoms with Gasteiger partial charge in [-0.25, -0.2) is 9.97 Å². The van der Waals surface area contributed by atoms with Gasteiger partial charge in [-0.05, 0) is 98.3 Å². The topological polar surface area (TPSA) is 230 Å². The third-order valence-corrected chi connectivity index (χ3v) is 12.3. The van der Waals surface area contributed by atoms with Crippen LogP contribution in [0, 0.1) is 22.7 Å². The molecule has 1 unspecified atom stereocenters. The number of hydrogen-bond acceptors (Lipinski definition) is 14. The van der Waals surface area contributed by atoms with Crippen LogP contribution in [-0.2, 0) is 17.3 Å². The van der Waals surface area contributed by atoms with Crippen LogP contribution in [0.3, 0.4) is 0 Å². The Morgan fingerprint density at radius 2 is 1.22 bits per heavy atom. The minimum Gasteiger partial charge on any atom is -0.490 e. The van der Waals surface area contributed by atoms with E-state index in [4.69, 9.17) is 25.9 Å². The van der Waals surface area contributed by atoms with E-state index in [0.717, 1.165) is 66.6 Å². The van der Waals surface area contributed by atoms with Gasteiger partial charge in [-0.1, -0.05) is 54.6 Å². The van der Waals surface area contributed by atoms with Gasteiger partial charge in [0.15, 0.2) is 34.5 Å². The number of methoxy groups -OCH3 is 1. The molecule has 0 saturated heterocycles. The lowest BCUT2D eigenvalue weighted by Crippen LogP contribution is -2.23. The van der Waals surface area contributed by atoms with E-state index in [1.807, 2.05) is 127 Å². The number of aromatic nitrogens is 10. The van der Waals surface area contributed by atoms with Gasteiger partial charge in [-0.2, -0.15) is 10.5 Å². The van der Waals surface area contributed by atoms with Crippen molar-refractivity contribution in [2.45, 2.75) is 44.9 Å². The summed E-state index contributed by atoms with van der Waals surface area (Å²) in [7, 11) is 1.52. The molecule has 4 aromatic carbocycles. The molecule has 0 saturated carbocycles. The van der Waals surface area contributed by atoms with Crippen molar-refractivity contribution in [1.82, 2.24) is 49.1 Å². The van der Waals surface area contributed by atoms with E-state index in [-0.39, 0.29) is 6.42 Å². The van der Waals surface area contributed by atoms with Crippen molar-refractivity contribution in [3.8, 4) is 68.8 Å². The van der Waals surface area contributed by atoms with Crippen molar-refractivity contribution in [1.29, 1.82) is 10.5 Å². The van der Waals surface area contributed by atoms with Gasteiger partial charge >= 0.3 is 0 Å². The second kappa shape index (κ2) is 16.2. The second-order valence-corrected chi connectivity index (χ2v) is 17.0. The first-order valence-corrected chi connectivity index (χ1v) is 21.5. The highest BCUT2D eigenvalue weighted by atomic mass is 16.5. The fourth-order valence-electron chi connectivity index (χ4n) is 8.50. The Kier molecular flexibility index (Phi) is 10.1. The summed E-state index contributed by atoms with van der Waals surface area (Å²) in [5.41, 5.74) is 22.6. The first-order chi connectivity index (χ1) is 32.4. The monoisotopic (exact) mass is 882 g/mol. The molecule has 4 N–H and O–H groups in total. The molecule has 0 aliphatic rings. The lowest BCUT2D eigenvalue weighted by atomic mass is 9.77. The van der Waals surface area contributed by atoms with Gasteiger partial charge in [-0.3, -0.25) is 18.8 Å². The number of hydrogen-bond donors (Lipinski definition) is 2. The zero-order valence-electron chi connectivity index (χ0n) is 37.2. The molecule has 10 rings (SSSR count). The summed E-state index contributed by atoms with van der Waals surface area (Å²) in [6.45, 7) is 8.06. The van der Waals surface area contributed by atoms with Crippen LogP contribution in [0.15, 0.2) is 116 Å². The highest BCUT2D eigenvalue weighted by Crippen LogP contribution is 2.38. The second-order valence-electron chi connectivity index (χ2n) is 17.0. The maximum absolute atomic E-state index is 11.1. The van der Waals surface area contributed by atoms with E-state index >= 15 is 0 Å². The molecule has 0 spiro atoms. The van der Waals surface area contributed by atoms with Gasteiger partial charge in [0.2, 0.25) is 5.88 Å². The summed E-state index contributed by atoms with van der Waals surface area (Å²) in [4.78, 5) is 18.4. The average Bonchev–Trinajstić information content (AvgIpc) is 4.00. The van der Waals surface area contributed by atoms with Crippen LogP contribution in [0.25, 0.3) is 78.4 Å². The molecule has 6 aromatic heterocycles. The van der Waals surface area contributed by atoms with Crippen molar-refractivity contribution >= 4 is 44.9 Å². The lowest BCUT2D eigenvalue weighted by molar-refractivity contribution is 0.341. The molecule has 0 aliphatic carbocycles. The Morgan fingerprint density at radius 1 is 0.612 bits per heavy atom. The molecule has 10 aromatic rings. The fourth-order valence-corrected chi connectivity index (χ4v) is 8.50. The number of ether oxygens (including phenoxy) is 2. The fraction of sp³-hybridized carbons (Fsp3) is 0.176. The molecule has 0 radical (unpaired) electrons. The Bertz CT molecular complexity index is 3660. The third kappa shape index (κ3) is 7.26. The number of nitrogens with zero attached hydrogens (tertiary/aromatic N) is 12. The van der Waals surface area contributed by atoms with Gasteiger partial charge in [0.05, 0.1) is 76.8 Å². The van der Waals surface area contributed by atoms with Crippen LogP contribution < -0.4 is 20.9 Å². The van der Waals surface area contributed by atoms with Crippen molar-refractivity contribution in [2.24, 2.45) is 0 Å². The Morgan fingerprint density at radius 3 is 1.87 bits per heavy atom. The van der Waals surface area contributed by atoms with Crippen LogP contribution in [0.4, 0.5) is 11.5 Å². The SMILES string of the molecule is CCOc1cc(-c2ccc3ncc4nnc(-c5ccc(C(C)(C#N)Cc6cc(-c7cnc(OC)c(N)c7)cc7c6ncc6nnc(-c8ccc(C(C)(C)C#N)cc8)n67)cc5)n4c3c2)cnc1N. The first kappa shape index (κ1) is 42.0. The smallest absolute Gasteiger partial charge is 0.236 e. The summed E-state index contributed by atoms with van der Waals surface area (Å²) >= 11 is 0. The van der Waals surface area contributed by atoms with Crippen LogP contribution >= 0.6 is 0 Å². The largest absolute Gasteiger partial charge is 0.490 e. The summed E-state index contributed by atoms with van der Waals surface area (Å²) in [6.07, 6.45) is 7.11. The van der Waals surface area contributed by atoms with Crippen LogP contribution in [-0.4, -0.2) is 62.8 Å². The summed E-state index contributed by atoms with van der Waals surface area (Å²) in [5.74, 6) is 2.37. The van der Waals surface area contributed by atoms with Crippen molar-refractivity contribution < 1.29 is 9.47 Å². The minimum absolute atomic E-state index is 0.290. The number of rotatable bonds is 11. The predicted octanol–water partition coefficient (Wildman–Crippen LogP) is 8.72. The number of nitrogen functional groups attached to an aromatic ring is 2. The standard InChI is InChI=1S/C51H42N14O2/c1-6-67-42-21-35(23-58-46(42)55)31-11-16-39-40(19-31)64-43(25-56-39)60-62-47(64)30-9-14-37(15-10-30)51(4,28-53)22-33-17-32(34-18-38(54)49(66-5)59-24-34)20-41-45(33)57-26-44-61-63-48(65(41)44)29-7-12-36(13-8-29)50(2,3)27-52/h7-21,23-26H,6,22,54H2,1-5H3,(H2,55,58). The van der Waals surface area contributed by atoms with E-state index in [9.17, 15) is 10.5 Å². The molecule has 16 nitrogen and oxygen atoms in total. The maximum Gasteiger partial charge on any atom is 0.236 e. The molecule has 0 bridgehead atoms. The molecule has 6 heterocycles. The molecular weight excluding hydrogens is 841 g/mol. The van der Waals surface area contributed by atoms with Crippen LogP contribution in [0.2, 0.25) is 0 Å². The number of benzene rings is 4. The predicted molar refractivity (Wildman–Crippen MR) is 256 cm³/mol. The first-order valence-electron chi connectivity index (χ1n) is 21.5. The number of anilines is 2. The number of pyridine rings is 2. The van der Waals surface area contributed by atoms with E-state index in [0.29, 0.717) is 58.2 Å². The normalized spacial score (nSPS) is 12.6. The van der Waals surface area contributed by atoms with Gasteiger partial charge in [0.1, 0.15) is 0 Å². The Balaban J connectivity index is 1.06. The molecule has 0 fully saturated rings. The molecule has 328 valence electrons. The summed E-state index contributed by atoms with van der Waals surface area (Å²) < 4.78 is 15.0. The number of nitrogens with two attached hydrogens (primary N) is 2. The highest BCUT2D eigenvalue weighted by molar-refractivity contribution is 5.89. The maximum atomic E-state index is 11.1. The van der Waals surface area contributed by atoms with Gasteiger partial charge in [0, 0.05) is 34.6 Å². The quantitative estimate of drug-likeness (QED) is 0.124. The minimum atomic E-state index is -1.02. The molecule has 16 heteroatoms. The van der Waals surface area contributed by atoms with E-state index < -0.39 is 10.8 Å². The zero-order valence-corrected chi connectivity index (χ0v) is 37.2. The van der Waals surface area contributed by atoms with E-state index in [1.165, 1.54) is 7.11 Å². The Hall–Kier alpha value is -9.02. The molecule has 0 amide bonds. The van der Waals surface area contributed by atoms with E-state index in [2.05, 4.69) is 47.5 Å². The number of nitriles is 2. The van der Waals surface area contributed by atoms with Crippen molar-refractivity contribution in [3.05, 3.63) is 132 Å². The molecular formula is C51H42N14O2. The molecule has 0 aliphatic heterocycles. The highest BCUT2D eigenvalue weighted by Gasteiger charge is 2.30. The van der Waals surface area contributed by atoms with Crippen LogP contribution in [0.5, 0.6) is 11.6 Å². The lowest BCUT2D eigenvalue weighted by Gasteiger charge is -2.24. The summed E-state index contributed by atoms with van der Waals surface area (Å²) in [6, 6.07) is 34.3. The Labute approximate surface area is 384 Å². The molecule has 67 heavy (non-hydrogen) atoms. The third-order valence-electron chi connectivity index (χ3n) is 12.3.